The van der Waals surface area contributed by atoms with E-state index in [1.54, 1.807) is 42.9 Å². The number of phenols is 1. The van der Waals surface area contributed by atoms with E-state index in [1.165, 1.54) is 7.05 Å². The van der Waals surface area contributed by atoms with Gasteiger partial charge in [0.15, 0.2) is 11.3 Å². The number of nitrogens with zero attached hydrogens (tertiary/aromatic N) is 5. The number of carbonyl (C=O) groups excluding carboxylic acids is 1. The third kappa shape index (κ3) is 5.65. The van der Waals surface area contributed by atoms with Crippen molar-refractivity contribution in [1.82, 2.24) is 14.9 Å². The van der Waals surface area contributed by atoms with Gasteiger partial charge >= 0.3 is 5.69 Å². The third-order valence-electron chi connectivity index (χ3n) is 5.04. The van der Waals surface area contributed by atoms with E-state index in [2.05, 4.69) is 9.97 Å². The van der Waals surface area contributed by atoms with Crippen LogP contribution >= 0.6 is 0 Å². The molecular weight excluding hydrogens is 470 g/mol. The standard InChI is InChI=1S/C24H21N5O7/c1-28(8-9-36-17-5-3-4-15(10-17)19-14-26-6-7-27-19)24(32)18(13-25)22(30)16-11-20(29(33)34)23(31)21(12-16)35-2/h3-7,10-12,14,30-31H,8-9H2,1-2H3/b22-18-. The highest BCUT2D eigenvalue weighted by molar-refractivity contribution is 6.03. The number of nitro groups is 1. The summed E-state index contributed by atoms with van der Waals surface area (Å²) in [6, 6.07) is 10.7. The molecule has 0 aliphatic carbocycles. The van der Waals surface area contributed by atoms with Crippen LogP contribution in [0, 0.1) is 21.4 Å². The van der Waals surface area contributed by atoms with Gasteiger partial charge in [0.25, 0.3) is 5.91 Å². The molecule has 12 heteroatoms. The number of aromatic nitrogens is 2. The van der Waals surface area contributed by atoms with Crippen LogP contribution in [0.15, 0.2) is 60.6 Å². The highest BCUT2D eigenvalue weighted by Crippen LogP contribution is 2.38. The topological polar surface area (TPSA) is 172 Å². The average Bonchev–Trinajstić information content (AvgIpc) is 2.89. The lowest BCUT2D eigenvalue weighted by molar-refractivity contribution is -0.386. The molecule has 1 aromatic heterocycles. The Hall–Kier alpha value is -5.18. The summed E-state index contributed by atoms with van der Waals surface area (Å²) in [7, 11) is 2.57. The minimum Gasteiger partial charge on any atom is -0.506 e. The van der Waals surface area contributed by atoms with E-state index < -0.39 is 33.6 Å². The molecule has 184 valence electrons. The van der Waals surface area contributed by atoms with Crippen LogP contribution in [0.3, 0.4) is 0 Å². The molecule has 12 nitrogen and oxygen atoms in total. The van der Waals surface area contributed by atoms with Crippen molar-refractivity contribution in [1.29, 1.82) is 5.26 Å². The maximum atomic E-state index is 12.8. The number of nitriles is 1. The molecule has 3 aromatic rings. The first-order valence-corrected chi connectivity index (χ1v) is 10.4. The number of amides is 1. The number of hydrogen-bond acceptors (Lipinski definition) is 10. The van der Waals surface area contributed by atoms with Crippen molar-refractivity contribution in [3.63, 3.8) is 0 Å². The Morgan fingerprint density at radius 1 is 1.28 bits per heavy atom. The number of aromatic hydroxyl groups is 1. The molecule has 36 heavy (non-hydrogen) atoms. The van der Waals surface area contributed by atoms with Gasteiger partial charge in [-0.1, -0.05) is 12.1 Å². The molecule has 1 heterocycles. The number of benzene rings is 2. The van der Waals surface area contributed by atoms with Crippen LogP contribution in [0.25, 0.3) is 17.0 Å². The molecule has 0 aliphatic heterocycles. The van der Waals surface area contributed by atoms with Crippen molar-refractivity contribution in [2.24, 2.45) is 0 Å². The normalized spacial score (nSPS) is 11.1. The van der Waals surface area contributed by atoms with Gasteiger partial charge in [-0.05, 0) is 18.2 Å². The Balaban J connectivity index is 1.74. The van der Waals surface area contributed by atoms with Crippen molar-refractivity contribution in [2.45, 2.75) is 0 Å². The number of likely N-dealkylation sites (N-methyl/N-ethyl adjacent to an activating group) is 1. The van der Waals surface area contributed by atoms with Crippen molar-refractivity contribution in [2.75, 3.05) is 27.3 Å². The predicted molar refractivity (Wildman–Crippen MR) is 127 cm³/mol. The quantitative estimate of drug-likeness (QED) is 0.149. The van der Waals surface area contributed by atoms with Gasteiger partial charge in [0.05, 0.1) is 30.5 Å². The van der Waals surface area contributed by atoms with Gasteiger partial charge in [0, 0.05) is 36.6 Å². The maximum Gasteiger partial charge on any atom is 0.315 e. The van der Waals surface area contributed by atoms with Gasteiger partial charge in [0.2, 0.25) is 5.75 Å². The molecule has 0 unspecified atom stereocenters. The first-order chi connectivity index (χ1) is 17.3. The van der Waals surface area contributed by atoms with Crippen LogP contribution in [0.4, 0.5) is 5.69 Å². The lowest BCUT2D eigenvalue weighted by atomic mass is 10.1. The minimum absolute atomic E-state index is 0.0612. The summed E-state index contributed by atoms with van der Waals surface area (Å²) in [5, 5.41) is 41.2. The van der Waals surface area contributed by atoms with Gasteiger partial charge in [0.1, 0.15) is 24.2 Å². The first kappa shape index (κ1) is 25.4. The van der Waals surface area contributed by atoms with E-state index in [-0.39, 0.29) is 24.5 Å². The van der Waals surface area contributed by atoms with Crippen LogP contribution in [-0.2, 0) is 4.79 Å². The number of carbonyl (C=O) groups is 1. The van der Waals surface area contributed by atoms with E-state index in [0.717, 1.165) is 29.7 Å². The summed E-state index contributed by atoms with van der Waals surface area (Å²) in [5.41, 5.74) is -0.189. The zero-order valence-electron chi connectivity index (χ0n) is 19.3. The lowest BCUT2D eigenvalue weighted by Gasteiger charge is -2.18. The van der Waals surface area contributed by atoms with Crippen molar-refractivity contribution in [3.8, 4) is 34.6 Å². The Bertz CT molecular complexity index is 1350. The van der Waals surface area contributed by atoms with E-state index in [9.17, 15) is 30.4 Å². The highest BCUT2D eigenvalue weighted by Gasteiger charge is 2.25. The van der Waals surface area contributed by atoms with Crippen LogP contribution in [-0.4, -0.2) is 63.2 Å². The SMILES string of the molecule is COc1cc(/C(O)=C(\C#N)C(=O)N(C)CCOc2cccc(-c3cnccn3)c2)cc([N+](=O)[O-])c1O. The molecule has 0 saturated carbocycles. The summed E-state index contributed by atoms with van der Waals surface area (Å²) < 4.78 is 10.6. The fourth-order valence-electron chi connectivity index (χ4n) is 3.16. The number of ether oxygens (including phenoxy) is 2. The van der Waals surface area contributed by atoms with E-state index in [4.69, 9.17) is 9.47 Å². The van der Waals surface area contributed by atoms with Crippen molar-refractivity contribution in [3.05, 3.63) is 76.2 Å². The van der Waals surface area contributed by atoms with Crippen molar-refractivity contribution >= 4 is 17.4 Å². The Morgan fingerprint density at radius 2 is 2.06 bits per heavy atom. The molecule has 0 spiro atoms. The van der Waals surface area contributed by atoms with Crippen LogP contribution in [0.2, 0.25) is 0 Å². The number of aliphatic hydroxyl groups is 1. The Kier molecular flexibility index (Phi) is 7.99. The molecular formula is C24H21N5O7. The number of nitro benzene ring substituents is 1. The molecule has 2 aromatic carbocycles. The summed E-state index contributed by atoms with van der Waals surface area (Å²) in [6.45, 7) is 0.135. The Morgan fingerprint density at radius 3 is 2.69 bits per heavy atom. The third-order valence-corrected chi connectivity index (χ3v) is 5.04. The molecule has 1 amide bonds. The second kappa shape index (κ2) is 11.3. The summed E-state index contributed by atoms with van der Waals surface area (Å²) in [6.07, 6.45) is 4.76. The second-order valence-electron chi connectivity index (χ2n) is 7.33. The van der Waals surface area contributed by atoms with Crippen LogP contribution in [0.5, 0.6) is 17.2 Å². The van der Waals surface area contributed by atoms with E-state index in [0.29, 0.717) is 11.4 Å². The smallest absolute Gasteiger partial charge is 0.315 e. The number of aliphatic hydroxyl groups excluding tert-OH is 1. The van der Waals surface area contributed by atoms with Crippen LogP contribution < -0.4 is 9.47 Å². The largest absolute Gasteiger partial charge is 0.506 e. The zero-order valence-corrected chi connectivity index (χ0v) is 19.3. The van der Waals surface area contributed by atoms with Gasteiger partial charge in [-0.2, -0.15) is 5.26 Å². The number of rotatable bonds is 9. The highest BCUT2D eigenvalue weighted by atomic mass is 16.6. The lowest BCUT2D eigenvalue weighted by Crippen LogP contribution is -2.32. The van der Waals surface area contributed by atoms with Gasteiger partial charge in [-0.3, -0.25) is 24.9 Å². The molecule has 0 bridgehead atoms. The van der Waals surface area contributed by atoms with Crippen molar-refractivity contribution < 1.29 is 29.4 Å². The zero-order chi connectivity index (χ0) is 26.2. The molecule has 0 aliphatic rings. The molecule has 0 radical (unpaired) electrons. The number of phenolic OH excluding ortho intramolecular Hbond substituents is 1. The molecule has 0 saturated heterocycles. The molecule has 0 atom stereocenters. The monoisotopic (exact) mass is 491 g/mol. The van der Waals surface area contributed by atoms with Gasteiger partial charge in [-0.15, -0.1) is 0 Å². The molecule has 0 fully saturated rings. The first-order valence-electron chi connectivity index (χ1n) is 10.4. The fraction of sp³-hybridized carbons (Fsp3) is 0.167. The average molecular weight is 491 g/mol. The molecule has 3 rings (SSSR count). The van der Waals surface area contributed by atoms with Gasteiger partial charge < -0.3 is 24.6 Å². The summed E-state index contributed by atoms with van der Waals surface area (Å²) in [4.78, 5) is 32.6. The second-order valence-corrected chi connectivity index (χ2v) is 7.33. The summed E-state index contributed by atoms with van der Waals surface area (Å²) >= 11 is 0. The number of methoxy groups -OCH3 is 1. The predicted octanol–water partition coefficient (Wildman–Crippen LogP) is 3.10. The van der Waals surface area contributed by atoms with E-state index in [1.807, 2.05) is 6.07 Å². The fourth-order valence-corrected chi connectivity index (χ4v) is 3.16. The Labute approximate surface area is 205 Å². The van der Waals surface area contributed by atoms with Crippen LogP contribution in [0.1, 0.15) is 5.56 Å². The maximum absolute atomic E-state index is 12.8. The number of hydrogen-bond donors (Lipinski definition) is 2. The minimum atomic E-state index is -0.884. The van der Waals surface area contributed by atoms with Gasteiger partial charge in [-0.25, -0.2) is 0 Å². The molecule has 2 N–H and O–H groups in total. The summed E-state index contributed by atoms with van der Waals surface area (Å²) in [5.74, 6) is -2.15. The van der Waals surface area contributed by atoms with E-state index >= 15 is 0 Å².